The average molecular weight is 483 g/mol. The third kappa shape index (κ3) is 5.59. The van der Waals surface area contributed by atoms with Crippen molar-refractivity contribution in [3.63, 3.8) is 0 Å². The molecule has 6 nitrogen and oxygen atoms in total. The van der Waals surface area contributed by atoms with Crippen molar-refractivity contribution in [2.45, 2.75) is 38.5 Å². The number of ketones is 1. The van der Waals surface area contributed by atoms with Crippen molar-refractivity contribution >= 4 is 17.5 Å². The quantitative estimate of drug-likeness (QED) is 0.386. The zero-order chi connectivity index (χ0) is 24.9. The molecule has 3 heterocycles. The minimum absolute atomic E-state index is 0.0638. The lowest BCUT2D eigenvalue weighted by Gasteiger charge is -2.34. The van der Waals surface area contributed by atoms with Gasteiger partial charge in [0.05, 0.1) is 0 Å². The average Bonchev–Trinajstić information content (AvgIpc) is 3.46. The molecule has 2 saturated heterocycles. The van der Waals surface area contributed by atoms with Gasteiger partial charge in [0.15, 0.2) is 5.78 Å². The normalized spacial score (nSPS) is 16.3. The molecule has 2 N–H and O–H groups in total. The van der Waals surface area contributed by atoms with Gasteiger partial charge in [0.2, 0.25) is 0 Å². The number of rotatable bonds is 6. The van der Waals surface area contributed by atoms with Gasteiger partial charge in [0, 0.05) is 56.2 Å². The van der Waals surface area contributed by atoms with Crippen LogP contribution in [0.3, 0.4) is 0 Å². The van der Waals surface area contributed by atoms with E-state index in [-0.39, 0.29) is 18.2 Å². The van der Waals surface area contributed by atoms with Crippen LogP contribution in [0.4, 0.5) is 10.5 Å². The molecule has 2 fully saturated rings. The Morgan fingerprint density at radius 3 is 2.19 bits per heavy atom. The second-order valence-corrected chi connectivity index (χ2v) is 10.1. The highest BCUT2D eigenvalue weighted by Gasteiger charge is 2.27. The van der Waals surface area contributed by atoms with E-state index in [1.165, 1.54) is 5.56 Å². The highest BCUT2D eigenvalue weighted by molar-refractivity contribution is 5.98. The number of aromatic nitrogens is 1. The van der Waals surface area contributed by atoms with Gasteiger partial charge in [-0.3, -0.25) is 9.78 Å². The van der Waals surface area contributed by atoms with Crippen molar-refractivity contribution < 1.29 is 9.59 Å². The lowest BCUT2D eigenvalue weighted by atomic mass is 9.89. The summed E-state index contributed by atoms with van der Waals surface area (Å²) in [5.74, 6) is 0.638. The Bertz CT molecular complexity index is 1200. The van der Waals surface area contributed by atoms with Crippen molar-refractivity contribution in [1.29, 1.82) is 0 Å². The second kappa shape index (κ2) is 10.9. The number of carbonyl (C=O) groups excluding carboxylic acids is 2. The number of pyridine rings is 1. The molecular formula is C30H34N4O2. The van der Waals surface area contributed by atoms with Gasteiger partial charge in [-0.25, -0.2) is 4.79 Å². The minimum Gasteiger partial charge on any atom is -0.398 e. The molecular weight excluding hydrogens is 448 g/mol. The van der Waals surface area contributed by atoms with E-state index in [0.29, 0.717) is 17.2 Å². The van der Waals surface area contributed by atoms with Gasteiger partial charge in [-0.05, 0) is 84.5 Å². The Morgan fingerprint density at radius 1 is 0.833 bits per heavy atom. The third-order valence-electron chi connectivity index (χ3n) is 7.57. The van der Waals surface area contributed by atoms with E-state index >= 15 is 0 Å². The number of piperidine rings is 1. The Balaban J connectivity index is 1.16. The van der Waals surface area contributed by atoms with Crippen LogP contribution in [-0.2, 0) is 12.8 Å². The highest BCUT2D eigenvalue weighted by Crippen LogP contribution is 2.26. The molecule has 36 heavy (non-hydrogen) atoms. The van der Waals surface area contributed by atoms with E-state index in [0.717, 1.165) is 75.0 Å². The molecule has 2 aliphatic heterocycles. The van der Waals surface area contributed by atoms with Gasteiger partial charge >= 0.3 is 6.03 Å². The summed E-state index contributed by atoms with van der Waals surface area (Å²) in [4.78, 5) is 33.7. The molecule has 2 aromatic carbocycles. The number of nitrogen functional groups attached to an aromatic ring is 1. The number of anilines is 1. The summed E-state index contributed by atoms with van der Waals surface area (Å²) in [5.41, 5.74) is 11.7. The molecule has 0 bridgehead atoms. The first-order valence-electron chi connectivity index (χ1n) is 13.0. The van der Waals surface area contributed by atoms with Gasteiger partial charge in [0.1, 0.15) is 0 Å². The molecule has 0 spiro atoms. The van der Waals surface area contributed by atoms with Crippen LogP contribution in [-0.4, -0.2) is 52.8 Å². The van der Waals surface area contributed by atoms with E-state index in [9.17, 15) is 9.59 Å². The Hall–Kier alpha value is -3.67. The number of likely N-dealkylation sites (tertiary alicyclic amines) is 2. The van der Waals surface area contributed by atoms with Crippen LogP contribution in [0.15, 0.2) is 67.0 Å². The van der Waals surface area contributed by atoms with Crippen molar-refractivity contribution in [3.8, 4) is 11.1 Å². The first-order chi connectivity index (χ1) is 17.6. The van der Waals surface area contributed by atoms with Crippen LogP contribution >= 0.6 is 0 Å². The molecule has 3 aromatic rings. The Morgan fingerprint density at radius 2 is 1.50 bits per heavy atom. The molecule has 5 rings (SSSR count). The summed E-state index contributed by atoms with van der Waals surface area (Å²) in [6.45, 7) is 3.51. The number of nitrogens with zero attached hydrogens (tertiary/aromatic N) is 3. The largest absolute Gasteiger partial charge is 0.398 e. The van der Waals surface area contributed by atoms with Gasteiger partial charge in [-0.15, -0.1) is 0 Å². The fraction of sp³-hybridized carbons (Fsp3) is 0.367. The number of Topliss-reactive ketones (excluding diaryl/α,β-unsaturated/α-hetero) is 1. The summed E-state index contributed by atoms with van der Waals surface area (Å²) >= 11 is 0. The maximum Gasteiger partial charge on any atom is 0.319 e. The number of nitrogens with two attached hydrogens (primary N) is 1. The van der Waals surface area contributed by atoms with Crippen LogP contribution < -0.4 is 5.73 Å². The van der Waals surface area contributed by atoms with Crippen molar-refractivity contribution in [2.75, 3.05) is 31.9 Å². The van der Waals surface area contributed by atoms with Crippen LogP contribution in [0, 0.1) is 5.92 Å². The smallest absolute Gasteiger partial charge is 0.319 e. The van der Waals surface area contributed by atoms with E-state index in [1.807, 2.05) is 52.3 Å². The number of amides is 2. The highest BCUT2D eigenvalue weighted by atomic mass is 16.2. The summed E-state index contributed by atoms with van der Waals surface area (Å²) < 4.78 is 0. The van der Waals surface area contributed by atoms with Crippen molar-refractivity contribution in [2.24, 2.45) is 5.92 Å². The summed E-state index contributed by atoms with van der Waals surface area (Å²) in [6.07, 6.45) is 9.11. The number of hydrogen-bond acceptors (Lipinski definition) is 4. The minimum atomic E-state index is 0.0638. The monoisotopic (exact) mass is 482 g/mol. The van der Waals surface area contributed by atoms with Gasteiger partial charge in [-0.1, -0.05) is 30.3 Å². The molecule has 0 atom stereocenters. The van der Waals surface area contributed by atoms with Crippen LogP contribution in [0.25, 0.3) is 11.1 Å². The Labute approximate surface area is 213 Å². The van der Waals surface area contributed by atoms with Crippen LogP contribution in [0.1, 0.15) is 47.2 Å². The first-order valence-corrected chi connectivity index (χ1v) is 13.0. The van der Waals surface area contributed by atoms with Crippen molar-refractivity contribution in [1.82, 2.24) is 14.8 Å². The van der Waals surface area contributed by atoms with E-state index in [1.54, 1.807) is 12.4 Å². The number of benzene rings is 2. The maximum absolute atomic E-state index is 13.0. The van der Waals surface area contributed by atoms with E-state index in [4.69, 9.17) is 5.73 Å². The molecule has 2 amide bonds. The predicted molar refractivity (Wildman–Crippen MR) is 143 cm³/mol. The fourth-order valence-electron chi connectivity index (χ4n) is 5.35. The lowest BCUT2D eigenvalue weighted by Crippen LogP contribution is -2.45. The lowest BCUT2D eigenvalue weighted by molar-refractivity contribution is 0.0993. The van der Waals surface area contributed by atoms with Gasteiger partial charge < -0.3 is 15.5 Å². The third-order valence-corrected chi connectivity index (χ3v) is 7.57. The summed E-state index contributed by atoms with van der Waals surface area (Å²) in [7, 11) is 0. The molecule has 186 valence electrons. The molecule has 0 radical (unpaired) electrons. The molecule has 2 aliphatic rings. The van der Waals surface area contributed by atoms with Gasteiger partial charge in [0.25, 0.3) is 0 Å². The maximum atomic E-state index is 13.0. The molecule has 0 unspecified atom stereocenters. The molecule has 6 heteroatoms. The summed E-state index contributed by atoms with van der Waals surface area (Å²) in [6, 6.07) is 18.0. The number of carbonyl (C=O) groups is 2. The molecule has 0 saturated carbocycles. The SMILES string of the molecule is Nc1ccc(-c2ccncc2)cc1CC(=O)c1ccc(CC2CCN(C(=O)N3CCCC3)CC2)cc1. The van der Waals surface area contributed by atoms with E-state index < -0.39 is 0 Å². The predicted octanol–water partition coefficient (Wildman–Crippen LogP) is 5.23. The van der Waals surface area contributed by atoms with Gasteiger partial charge in [-0.2, -0.15) is 0 Å². The fourth-order valence-corrected chi connectivity index (χ4v) is 5.35. The van der Waals surface area contributed by atoms with Crippen molar-refractivity contribution in [3.05, 3.63) is 83.7 Å². The van der Waals surface area contributed by atoms with Crippen LogP contribution in [0.2, 0.25) is 0 Å². The molecule has 0 aliphatic carbocycles. The zero-order valence-corrected chi connectivity index (χ0v) is 20.7. The topological polar surface area (TPSA) is 79.5 Å². The standard InChI is InChI=1S/C30H34N4O2/c31-28-8-7-26(24-9-13-32-14-10-24)20-27(28)21-29(35)25-5-3-22(4-6-25)19-23-11-17-34(18-12-23)30(36)33-15-1-2-16-33/h3-10,13-14,20,23H,1-2,11-12,15-19,21,31H2. The number of hydrogen-bond donors (Lipinski definition) is 1. The second-order valence-electron chi connectivity index (χ2n) is 10.1. The first kappa shape index (κ1) is 24.0. The summed E-state index contributed by atoms with van der Waals surface area (Å²) in [5, 5.41) is 0. The Kier molecular flexibility index (Phi) is 7.31. The number of urea groups is 1. The molecule has 1 aromatic heterocycles. The zero-order valence-electron chi connectivity index (χ0n) is 20.7. The van der Waals surface area contributed by atoms with E-state index in [2.05, 4.69) is 17.1 Å². The van der Waals surface area contributed by atoms with Crippen LogP contribution in [0.5, 0.6) is 0 Å².